The summed E-state index contributed by atoms with van der Waals surface area (Å²) in [7, 11) is -8.61. The lowest BCUT2D eigenvalue weighted by atomic mass is 10.1. The first-order valence-electron chi connectivity index (χ1n) is 8.29. The minimum atomic E-state index is -4.50. The fourth-order valence-corrected chi connectivity index (χ4v) is 5.60. The van der Waals surface area contributed by atoms with Crippen LogP contribution in [0.5, 0.6) is 0 Å². The van der Waals surface area contributed by atoms with Crippen molar-refractivity contribution in [3.63, 3.8) is 0 Å². The van der Waals surface area contributed by atoms with Crippen LogP contribution in [0.2, 0.25) is 0 Å². The van der Waals surface area contributed by atoms with E-state index in [0.717, 1.165) is 9.79 Å². The molecule has 0 fully saturated rings. The second-order valence-electron chi connectivity index (χ2n) is 7.37. The monoisotopic (exact) mass is 458 g/mol. The molecule has 1 aromatic carbocycles. The van der Waals surface area contributed by atoms with E-state index in [2.05, 4.69) is 0 Å². The van der Waals surface area contributed by atoms with E-state index in [1.807, 2.05) is 24.3 Å². The minimum absolute atomic E-state index is 0.410. The molecule has 0 unspecified atom stereocenters. The van der Waals surface area contributed by atoms with E-state index in [0.29, 0.717) is 24.3 Å². The van der Waals surface area contributed by atoms with Crippen LogP contribution in [0, 0.1) is 0 Å². The predicted molar refractivity (Wildman–Crippen MR) is 110 cm³/mol. The van der Waals surface area contributed by atoms with Gasteiger partial charge in [-0.15, -0.1) is 23.5 Å². The van der Waals surface area contributed by atoms with E-state index < -0.39 is 26.2 Å². The highest BCUT2D eigenvalue weighted by Gasteiger charge is 2.36. The Morgan fingerprint density at radius 1 is 0.852 bits per heavy atom. The number of thioether (sulfide) groups is 2. The molecule has 7 nitrogen and oxygen atoms in total. The highest BCUT2D eigenvalue weighted by atomic mass is 32.2. The maximum atomic E-state index is 11.4. The lowest BCUT2D eigenvalue weighted by Gasteiger charge is -2.25. The van der Waals surface area contributed by atoms with Crippen molar-refractivity contribution in [3.05, 3.63) is 24.3 Å². The Morgan fingerprint density at radius 3 is 1.63 bits per heavy atom. The van der Waals surface area contributed by atoms with Gasteiger partial charge in [-0.2, -0.15) is 0 Å². The maximum Gasteiger partial charge on any atom is 0.470 e. The molecule has 4 N–H and O–H groups in total. The van der Waals surface area contributed by atoms with Crippen LogP contribution in [0.4, 0.5) is 0 Å². The van der Waals surface area contributed by atoms with E-state index >= 15 is 0 Å². The van der Waals surface area contributed by atoms with Crippen molar-refractivity contribution in [2.45, 2.75) is 61.1 Å². The molecule has 0 aromatic heterocycles. The average molecular weight is 458 g/mol. The van der Waals surface area contributed by atoms with Crippen LogP contribution in [0.15, 0.2) is 34.1 Å². The number of phosphoric acid groups is 1. The third kappa shape index (κ3) is 9.97. The molecule has 0 aliphatic rings. The van der Waals surface area contributed by atoms with Crippen molar-refractivity contribution in [3.8, 4) is 0 Å². The second kappa shape index (κ2) is 9.79. The zero-order valence-electron chi connectivity index (χ0n) is 15.9. The fourth-order valence-electron chi connectivity index (χ4n) is 1.98. The molecule has 0 bridgehead atoms. The van der Waals surface area contributed by atoms with Gasteiger partial charge < -0.3 is 19.6 Å². The molecule has 0 atom stereocenters. The number of benzene rings is 1. The highest BCUT2D eigenvalue weighted by molar-refractivity contribution is 7.99. The number of phosphoric ester groups is 1. The van der Waals surface area contributed by atoms with E-state index in [1.54, 1.807) is 51.2 Å². The summed E-state index contributed by atoms with van der Waals surface area (Å²) >= 11 is 3.12. The molecule has 0 aliphatic carbocycles. The molecular weight excluding hydrogens is 430 g/mol. The van der Waals surface area contributed by atoms with Crippen LogP contribution in [-0.2, 0) is 13.7 Å². The summed E-state index contributed by atoms with van der Waals surface area (Å²) in [6.45, 7) is 6.44. The van der Waals surface area contributed by atoms with Crippen LogP contribution in [0.25, 0.3) is 0 Å². The Hall–Kier alpha value is 0.180. The van der Waals surface area contributed by atoms with Gasteiger partial charge in [0.2, 0.25) is 0 Å². The maximum absolute atomic E-state index is 11.4. The van der Waals surface area contributed by atoms with Crippen molar-refractivity contribution >= 4 is 38.9 Å². The van der Waals surface area contributed by atoms with Crippen molar-refractivity contribution in [2.75, 3.05) is 11.5 Å². The molecule has 0 radical (unpaired) electrons. The quantitative estimate of drug-likeness (QED) is 0.280. The van der Waals surface area contributed by atoms with Gasteiger partial charge >= 0.3 is 15.4 Å². The summed E-state index contributed by atoms with van der Waals surface area (Å²) in [4.78, 5) is 38.5. The van der Waals surface area contributed by atoms with E-state index in [-0.39, 0.29) is 0 Å². The molecule has 0 spiro atoms. The fraction of sp³-hybridized carbons (Fsp3) is 0.625. The standard InChI is InChI=1S/C16H28O7P2S2/c1-15(2,23-25(20,21)22)9-11-26-13-5-7-14(8-6-13)27-12-10-16(3,4)24(17,18)19/h5-8H,9-12H2,1-4H3,(H2,17,18,19)(H2,20,21,22). The van der Waals surface area contributed by atoms with Crippen LogP contribution >= 0.6 is 38.9 Å². The first-order chi connectivity index (χ1) is 12.1. The Labute approximate surface area is 169 Å². The zero-order chi connectivity index (χ0) is 20.9. The van der Waals surface area contributed by atoms with E-state index in [9.17, 15) is 18.9 Å². The molecule has 1 rings (SSSR count). The van der Waals surface area contributed by atoms with Gasteiger partial charge in [-0.1, -0.05) is 0 Å². The molecule has 0 saturated carbocycles. The van der Waals surface area contributed by atoms with E-state index in [4.69, 9.17) is 14.3 Å². The lowest BCUT2D eigenvalue weighted by molar-refractivity contribution is 0.0631. The molecule has 27 heavy (non-hydrogen) atoms. The summed E-state index contributed by atoms with van der Waals surface area (Å²) in [5, 5.41) is -1.03. The highest BCUT2D eigenvalue weighted by Crippen LogP contribution is 2.52. The van der Waals surface area contributed by atoms with Crippen molar-refractivity contribution in [1.82, 2.24) is 0 Å². The Bertz CT molecular complexity index is 695. The number of hydrogen-bond donors (Lipinski definition) is 4. The minimum Gasteiger partial charge on any atom is -0.324 e. The van der Waals surface area contributed by atoms with Gasteiger partial charge in [0.05, 0.1) is 10.8 Å². The number of rotatable bonds is 11. The van der Waals surface area contributed by atoms with Gasteiger partial charge in [-0.3, -0.25) is 9.09 Å². The molecule has 156 valence electrons. The summed E-state index contributed by atoms with van der Waals surface area (Å²) < 4.78 is 27.1. The van der Waals surface area contributed by atoms with E-state index in [1.165, 1.54) is 0 Å². The van der Waals surface area contributed by atoms with Crippen molar-refractivity contribution in [1.29, 1.82) is 0 Å². The molecule has 0 heterocycles. The normalized spacial score (nSPS) is 13.8. The van der Waals surface area contributed by atoms with Crippen LogP contribution in [-0.4, -0.2) is 41.8 Å². The summed E-state index contributed by atoms with van der Waals surface area (Å²) in [6, 6.07) is 7.82. The molecule has 1 aromatic rings. The topological polar surface area (TPSA) is 124 Å². The summed E-state index contributed by atoms with van der Waals surface area (Å²) in [5.74, 6) is 1.26. The Kier molecular flexibility index (Phi) is 9.14. The lowest BCUT2D eigenvalue weighted by Crippen LogP contribution is -2.23. The zero-order valence-corrected chi connectivity index (χ0v) is 19.3. The van der Waals surface area contributed by atoms with Gasteiger partial charge in [0.25, 0.3) is 0 Å². The van der Waals surface area contributed by atoms with Crippen molar-refractivity contribution < 1.29 is 33.2 Å². The van der Waals surface area contributed by atoms with Gasteiger partial charge in [-0.25, -0.2) is 4.57 Å². The SMILES string of the molecule is CC(C)(CCSc1ccc(SCCC(C)(C)P(=O)(O)O)cc1)OP(=O)(O)O. The van der Waals surface area contributed by atoms with Gasteiger partial charge in [0.15, 0.2) is 0 Å². The third-order valence-corrected chi connectivity index (χ3v) is 8.49. The number of hydrogen-bond acceptors (Lipinski definition) is 5. The molecule has 11 heteroatoms. The average Bonchev–Trinajstić information content (AvgIpc) is 2.45. The van der Waals surface area contributed by atoms with Crippen molar-refractivity contribution in [2.24, 2.45) is 0 Å². The van der Waals surface area contributed by atoms with Gasteiger partial charge in [0, 0.05) is 15.5 Å². The largest absolute Gasteiger partial charge is 0.470 e. The summed E-state index contributed by atoms with van der Waals surface area (Å²) in [5.41, 5.74) is -0.909. The van der Waals surface area contributed by atoms with Gasteiger partial charge in [-0.05, 0) is 70.6 Å². The molecule has 0 aliphatic heterocycles. The third-order valence-electron chi connectivity index (χ3n) is 3.93. The molecular formula is C16H28O7P2S2. The van der Waals surface area contributed by atoms with Crippen LogP contribution < -0.4 is 0 Å². The first kappa shape index (κ1) is 25.2. The Morgan fingerprint density at radius 2 is 1.26 bits per heavy atom. The Balaban J connectivity index is 2.44. The van der Waals surface area contributed by atoms with Gasteiger partial charge in [0.1, 0.15) is 0 Å². The summed E-state index contributed by atoms with van der Waals surface area (Å²) in [6.07, 6.45) is 0.893. The smallest absolute Gasteiger partial charge is 0.324 e. The predicted octanol–water partition coefficient (Wildman–Crippen LogP) is 4.50. The van der Waals surface area contributed by atoms with Crippen LogP contribution in [0.3, 0.4) is 0 Å². The first-order valence-corrected chi connectivity index (χ1v) is 13.4. The van der Waals surface area contributed by atoms with Crippen LogP contribution in [0.1, 0.15) is 40.5 Å². The molecule has 0 saturated heterocycles. The molecule has 0 amide bonds. The second-order valence-corrected chi connectivity index (χ2v) is 13.2.